The predicted molar refractivity (Wildman–Crippen MR) is 170 cm³/mol. The molecule has 2 aliphatic rings. The molecule has 0 unspecified atom stereocenters. The number of carboxylic acid groups (broad SMARTS) is 1. The van der Waals surface area contributed by atoms with Gasteiger partial charge in [-0.2, -0.15) is 37.7 Å². The Balaban J connectivity index is 0.000000386. The van der Waals surface area contributed by atoms with Crippen LogP contribution in [0.15, 0.2) is 35.3 Å². The monoisotopic (exact) mass is 715 g/mol. The van der Waals surface area contributed by atoms with Crippen molar-refractivity contribution in [3.63, 3.8) is 0 Å². The van der Waals surface area contributed by atoms with Crippen LogP contribution >= 0.6 is 11.3 Å². The van der Waals surface area contributed by atoms with Crippen LogP contribution in [-0.4, -0.2) is 82.2 Å². The van der Waals surface area contributed by atoms with Gasteiger partial charge < -0.3 is 20.6 Å². The molecule has 0 aromatic carbocycles. The van der Waals surface area contributed by atoms with E-state index in [0.29, 0.717) is 18.3 Å². The van der Waals surface area contributed by atoms with Crippen LogP contribution in [0.5, 0.6) is 0 Å². The molecule has 3 aromatic rings. The average molecular weight is 716 g/mol. The number of rotatable bonds is 11. The normalized spacial score (nSPS) is 15.7. The zero-order valence-corrected chi connectivity index (χ0v) is 27.1. The quantitative estimate of drug-likeness (QED) is 0.154. The average Bonchev–Trinajstić information content (AvgIpc) is 3.60. The number of halogens is 6. The number of ketones is 2. The first kappa shape index (κ1) is 37.5. The molecule has 5 rings (SSSR count). The fourth-order valence-electron chi connectivity index (χ4n) is 5.45. The Labute approximate surface area is 281 Å². The summed E-state index contributed by atoms with van der Waals surface area (Å²) >= 11 is 1.60. The van der Waals surface area contributed by atoms with E-state index >= 15 is 0 Å². The Morgan fingerprint density at radius 3 is 2.35 bits per heavy atom. The highest BCUT2D eigenvalue weighted by Crippen LogP contribution is 2.33. The Kier molecular flexibility index (Phi) is 12.5. The number of pyridine rings is 1. The fraction of sp³-hybridized carbons (Fsp3) is 0.484. The van der Waals surface area contributed by atoms with Crippen LogP contribution in [0, 0.1) is 0 Å². The van der Waals surface area contributed by atoms with E-state index in [2.05, 4.69) is 49.9 Å². The molecular formula is C31H35F6N7O4S. The summed E-state index contributed by atoms with van der Waals surface area (Å²) in [5, 5.41) is 23.6. The number of hydrogen-bond acceptors (Lipinski definition) is 11. The van der Waals surface area contributed by atoms with Gasteiger partial charge in [-0.25, -0.2) is 15.0 Å². The Bertz CT molecular complexity index is 1570. The van der Waals surface area contributed by atoms with Gasteiger partial charge in [0.1, 0.15) is 29.8 Å². The molecule has 49 heavy (non-hydrogen) atoms. The standard InChI is InChI=1S/C27H35N7O2S.C4F6O2/c1-2-21-25(30-15-23(27(35)36)29-14-18-9-13-37-16-18)31-17-32-26(21)34-11-7-19(8-12-34)22-6-5-20-4-3-10-28-24(20)33-22;5-3(6,7)1(11)2(12)4(8,9)10/h5-6,9,13,16-17,19,23,29H,2-4,7-8,10-12,14-15H2,1H3,(H,28,33)(H,35,36)(H,30,31,32);/t23-;/m0./s1. The number of aliphatic carboxylic acids is 1. The summed E-state index contributed by atoms with van der Waals surface area (Å²) in [6, 6.07) is 5.73. The number of thiophene rings is 1. The van der Waals surface area contributed by atoms with Crippen molar-refractivity contribution < 1.29 is 45.8 Å². The predicted octanol–water partition coefficient (Wildman–Crippen LogP) is 5.14. The molecule has 0 spiro atoms. The van der Waals surface area contributed by atoms with Crippen LogP contribution in [0.1, 0.15) is 54.5 Å². The van der Waals surface area contributed by atoms with Gasteiger partial charge in [0.2, 0.25) is 0 Å². The molecule has 3 aromatic heterocycles. The molecule has 0 bridgehead atoms. The summed E-state index contributed by atoms with van der Waals surface area (Å²) in [5.74, 6) is -4.54. The van der Waals surface area contributed by atoms with Crippen molar-refractivity contribution in [2.45, 2.75) is 69.9 Å². The van der Waals surface area contributed by atoms with Crippen molar-refractivity contribution in [3.05, 3.63) is 57.7 Å². The number of carbonyl (C=O) groups is 3. The molecule has 1 fully saturated rings. The molecule has 18 heteroatoms. The lowest BCUT2D eigenvalue weighted by molar-refractivity contribution is -0.193. The minimum Gasteiger partial charge on any atom is -0.480 e. The number of hydrogen-bond donors (Lipinski definition) is 4. The van der Waals surface area contributed by atoms with Gasteiger partial charge in [0.05, 0.1) is 0 Å². The number of aromatic nitrogens is 3. The van der Waals surface area contributed by atoms with Crippen molar-refractivity contribution in [2.75, 3.05) is 41.7 Å². The number of nitrogens with one attached hydrogen (secondary N) is 3. The Morgan fingerprint density at radius 2 is 1.76 bits per heavy atom. The highest BCUT2D eigenvalue weighted by atomic mass is 32.1. The molecular weight excluding hydrogens is 680 g/mol. The third kappa shape index (κ3) is 10.1. The van der Waals surface area contributed by atoms with Crippen LogP contribution in [-0.2, 0) is 33.8 Å². The molecule has 0 amide bonds. The summed E-state index contributed by atoms with van der Waals surface area (Å²) < 4.78 is 67.0. The van der Waals surface area contributed by atoms with Gasteiger partial charge in [0.15, 0.2) is 0 Å². The van der Waals surface area contributed by atoms with Crippen molar-refractivity contribution in [3.8, 4) is 0 Å². The van der Waals surface area contributed by atoms with Crippen molar-refractivity contribution in [1.29, 1.82) is 0 Å². The zero-order valence-electron chi connectivity index (χ0n) is 26.3. The van der Waals surface area contributed by atoms with Gasteiger partial charge in [0.25, 0.3) is 0 Å². The van der Waals surface area contributed by atoms with Gasteiger partial charge in [-0.1, -0.05) is 13.0 Å². The molecule has 2 aliphatic heterocycles. The second-order valence-electron chi connectivity index (χ2n) is 11.4. The largest absolute Gasteiger partial charge is 0.480 e. The highest BCUT2D eigenvalue weighted by molar-refractivity contribution is 7.07. The second kappa shape index (κ2) is 16.4. The number of alkyl halides is 6. The number of Topliss-reactive ketones (excluding diaryl/α,β-unsaturated/α-hetero) is 2. The summed E-state index contributed by atoms with van der Waals surface area (Å²) in [7, 11) is 0. The fourth-order valence-corrected chi connectivity index (χ4v) is 6.12. The van der Waals surface area contributed by atoms with Crippen LogP contribution < -0.4 is 20.9 Å². The van der Waals surface area contributed by atoms with E-state index in [-0.39, 0.29) is 6.54 Å². The second-order valence-corrected chi connectivity index (χ2v) is 12.1. The topological polar surface area (TPSA) is 149 Å². The maximum Gasteiger partial charge on any atom is 0.458 e. The smallest absolute Gasteiger partial charge is 0.458 e. The maximum atomic E-state index is 11.8. The third-order valence-electron chi connectivity index (χ3n) is 8.03. The molecule has 11 nitrogen and oxygen atoms in total. The SMILES string of the molecule is CCc1c(NC[C@H](NCc2ccsc2)C(=O)O)ncnc1N1CCC(c2ccc3c(n2)NCCC3)CC1.O=C(C(=O)C(F)(F)F)C(F)(F)F. The number of piperidine rings is 1. The van der Waals surface area contributed by atoms with E-state index in [4.69, 9.17) is 4.98 Å². The Hall–Kier alpha value is -4.32. The molecule has 5 heterocycles. The lowest BCUT2D eigenvalue weighted by Gasteiger charge is -2.34. The van der Waals surface area contributed by atoms with Crippen LogP contribution in [0.2, 0.25) is 0 Å². The van der Waals surface area contributed by atoms with Gasteiger partial charge >= 0.3 is 29.9 Å². The van der Waals surface area contributed by atoms with E-state index < -0.39 is 35.9 Å². The lowest BCUT2D eigenvalue weighted by atomic mass is 9.92. The first-order chi connectivity index (χ1) is 23.2. The van der Waals surface area contributed by atoms with E-state index in [1.807, 2.05) is 16.8 Å². The minimum atomic E-state index is -5.77. The van der Waals surface area contributed by atoms with E-state index in [1.165, 1.54) is 17.7 Å². The number of fused-ring (bicyclic) bond motifs is 1. The summed E-state index contributed by atoms with van der Waals surface area (Å²) in [6.07, 6.45) is -4.88. The summed E-state index contributed by atoms with van der Waals surface area (Å²) in [4.78, 5) is 47.5. The zero-order chi connectivity index (χ0) is 35.8. The lowest BCUT2D eigenvalue weighted by Crippen LogP contribution is -2.42. The molecule has 0 saturated carbocycles. The molecule has 266 valence electrons. The Morgan fingerprint density at radius 1 is 1.06 bits per heavy atom. The van der Waals surface area contributed by atoms with Gasteiger partial charge in [-0.15, -0.1) is 0 Å². The molecule has 0 radical (unpaired) electrons. The van der Waals surface area contributed by atoms with Crippen molar-refractivity contribution in [2.24, 2.45) is 0 Å². The first-order valence-electron chi connectivity index (χ1n) is 15.4. The van der Waals surface area contributed by atoms with Crippen LogP contribution in [0.4, 0.5) is 43.8 Å². The summed E-state index contributed by atoms with van der Waals surface area (Å²) in [5.41, 5.74) is 4.62. The number of carbonyl (C=O) groups excluding carboxylic acids is 2. The van der Waals surface area contributed by atoms with E-state index in [0.717, 1.165) is 68.1 Å². The summed E-state index contributed by atoms with van der Waals surface area (Å²) in [6.45, 7) is 5.66. The highest BCUT2D eigenvalue weighted by Gasteiger charge is 2.54. The first-order valence-corrected chi connectivity index (χ1v) is 16.4. The minimum absolute atomic E-state index is 0.239. The third-order valence-corrected chi connectivity index (χ3v) is 8.76. The van der Waals surface area contributed by atoms with E-state index in [1.54, 1.807) is 17.7 Å². The molecule has 1 saturated heterocycles. The number of anilines is 3. The maximum absolute atomic E-state index is 11.8. The molecule has 4 N–H and O–H groups in total. The van der Waals surface area contributed by atoms with E-state index in [9.17, 15) is 45.8 Å². The van der Waals surface area contributed by atoms with Crippen molar-refractivity contribution >= 4 is 46.3 Å². The number of carboxylic acids is 1. The van der Waals surface area contributed by atoms with Crippen molar-refractivity contribution in [1.82, 2.24) is 20.3 Å². The number of aryl methyl sites for hydroxylation is 1. The number of nitrogens with zero attached hydrogens (tertiary/aromatic N) is 4. The van der Waals surface area contributed by atoms with Crippen LogP contribution in [0.25, 0.3) is 0 Å². The molecule has 1 atom stereocenters. The molecule has 0 aliphatic carbocycles. The van der Waals surface area contributed by atoms with Crippen LogP contribution in [0.3, 0.4) is 0 Å². The van der Waals surface area contributed by atoms with Gasteiger partial charge in [-0.05, 0) is 66.1 Å². The van der Waals surface area contributed by atoms with Gasteiger partial charge in [-0.3, -0.25) is 19.7 Å². The van der Waals surface area contributed by atoms with Gasteiger partial charge in [0, 0.05) is 49.9 Å².